The van der Waals surface area contributed by atoms with E-state index in [9.17, 15) is 0 Å². The molecule has 1 saturated heterocycles. The van der Waals surface area contributed by atoms with E-state index in [2.05, 4.69) is 51.7 Å². The maximum atomic E-state index is 5.54. The molecule has 1 unspecified atom stereocenters. The Bertz CT molecular complexity index is 551. The summed E-state index contributed by atoms with van der Waals surface area (Å²) < 4.78 is 5.54. The summed E-state index contributed by atoms with van der Waals surface area (Å²) in [4.78, 5) is 6.95. The van der Waals surface area contributed by atoms with Gasteiger partial charge in [0.2, 0.25) is 0 Å². The highest BCUT2D eigenvalue weighted by molar-refractivity contribution is 14.0. The highest BCUT2D eigenvalue weighted by Crippen LogP contribution is 2.22. The molecule has 2 fully saturated rings. The standard InChI is InChI=1S/C20H32N4O.HI/c1-16-7-9-17(10-8-16)19(24-11-13-25-14-12-24)15-22-20(21-2)23-18-5-3-4-6-18;/h7-10,18-19H,3-6,11-15H2,1-2H3,(H2,21,22,23);1H. The Morgan fingerprint density at radius 2 is 1.85 bits per heavy atom. The number of aliphatic imine (C=N–C) groups is 1. The molecule has 1 aromatic rings. The number of rotatable bonds is 5. The molecule has 2 aliphatic rings. The predicted molar refractivity (Wildman–Crippen MR) is 118 cm³/mol. The van der Waals surface area contributed by atoms with E-state index in [-0.39, 0.29) is 24.0 Å². The summed E-state index contributed by atoms with van der Waals surface area (Å²) in [5, 5.41) is 7.14. The highest BCUT2D eigenvalue weighted by Gasteiger charge is 2.23. The Labute approximate surface area is 175 Å². The van der Waals surface area contributed by atoms with Crippen LogP contribution in [0.3, 0.4) is 0 Å². The average molecular weight is 472 g/mol. The number of hydrogen-bond donors (Lipinski definition) is 2. The molecule has 1 aliphatic heterocycles. The van der Waals surface area contributed by atoms with Crippen molar-refractivity contribution in [3.63, 3.8) is 0 Å². The molecule has 1 aromatic carbocycles. The van der Waals surface area contributed by atoms with Crippen LogP contribution in [0.15, 0.2) is 29.3 Å². The van der Waals surface area contributed by atoms with Crippen molar-refractivity contribution in [3.8, 4) is 0 Å². The lowest BCUT2D eigenvalue weighted by molar-refractivity contribution is 0.0170. The number of halogens is 1. The van der Waals surface area contributed by atoms with Crippen LogP contribution in [0.4, 0.5) is 0 Å². The van der Waals surface area contributed by atoms with Gasteiger partial charge in [-0.25, -0.2) is 0 Å². The summed E-state index contributed by atoms with van der Waals surface area (Å²) in [6.45, 7) is 6.59. The Balaban J connectivity index is 0.00000243. The van der Waals surface area contributed by atoms with E-state index in [0.29, 0.717) is 12.1 Å². The summed E-state index contributed by atoms with van der Waals surface area (Å²) in [5.41, 5.74) is 2.66. The van der Waals surface area contributed by atoms with Crippen molar-refractivity contribution in [2.75, 3.05) is 39.9 Å². The van der Waals surface area contributed by atoms with Gasteiger partial charge in [0, 0.05) is 32.7 Å². The van der Waals surface area contributed by atoms with Gasteiger partial charge in [0.15, 0.2) is 5.96 Å². The number of ether oxygens (including phenoxy) is 1. The van der Waals surface area contributed by atoms with Gasteiger partial charge in [-0.3, -0.25) is 9.89 Å². The lowest BCUT2D eigenvalue weighted by Crippen LogP contribution is -2.48. The molecule has 2 N–H and O–H groups in total. The third-order valence-corrected chi connectivity index (χ3v) is 5.33. The highest BCUT2D eigenvalue weighted by atomic mass is 127. The molecule has 0 bridgehead atoms. The molecule has 1 saturated carbocycles. The van der Waals surface area contributed by atoms with Crippen LogP contribution < -0.4 is 10.6 Å². The molecule has 6 heteroatoms. The zero-order valence-electron chi connectivity index (χ0n) is 16.0. The number of morpholine rings is 1. The van der Waals surface area contributed by atoms with E-state index in [1.54, 1.807) is 0 Å². The number of nitrogens with one attached hydrogen (secondary N) is 2. The summed E-state index contributed by atoms with van der Waals surface area (Å²) >= 11 is 0. The molecule has 26 heavy (non-hydrogen) atoms. The second-order valence-corrected chi connectivity index (χ2v) is 7.15. The van der Waals surface area contributed by atoms with Crippen LogP contribution >= 0.6 is 24.0 Å². The minimum atomic E-state index is 0. The first-order valence-corrected chi connectivity index (χ1v) is 9.62. The number of guanidine groups is 1. The van der Waals surface area contributed by atoms with Crippen molar-refractivity contribution < 1.29 is 4.74 Å². The maximum absolute atomic E-state index is 5.54. The number of benzene rings is 1. The SMILES string of the molecule is CN=C(NCC(c1ccc(C)cc1)N1CCOCC1)NC1CCCC1.I. The van der Waals surface area contributed by atoms with Gasteiger partial charge in [0.1, 0.15) is 0 Å². The fraction of sp³-hybridized carbons (Fsp3) is 0.650. The minimum absolute atomic E-state index is 0. The third-order valence-electron chi connectivity index (χ3n) is 5.33. The zero-order valence-corrected chi connectivity index (χ0v) is 18.4. The van der Waals surface area contributed by atoms with Crippen LogP contribution in [-0.4, -0.2) is 56.8 Å². The summed E-state index contributed by atoms with van der Waals surface area (Å²) in [6.07, 6.45) is 5.17. The van der Waals surface area contributed by atoms with Crippen LogP contribution in [0.2, 0.25) is 0 Å². The molecular formula is C20H33IN4O. The van der Waals surface area contributed by atoms with Gasteiger partial charge in [0.05, 0.1) is 19.3 Å². The Morgan fingerprint density at radius 3 is 2.46 bits per heavy atom. The molecule has 1 atom stereocenters. The molecule has 0 radical (unpaired) electrons. The topological polar surface area (TPSA) is 48.9 Å². The molecule has 0 amide bonds. The van der Waals surface area contributed by atoms with Crippen LogP contribution in [-0.2, 0) is 4.74 Å². The summed E-state index contributed by atoms with van der Waals surface area (Å²) in [7, 11) is 1.86. The van der Waals surface area contributed by atoms with Crippen molar-refractivity contribution in [1.29, 1.82) is 0 Å². The second kappa shape index (κ2) is 11.1. The van der Waals surface area contributed by atoms with Crippen LogP contribution in [0, 0.1) is 6.92 Å². The van der Waals surface area contributed by atoms with E-state index in [0.717, 1.165) is 38.8 Å². The lowest BCUT2D eigenvalue weighted by Gasteiger charge is -2.35. The van der Waals surface area contributed by atoms with E-state index >= 15 is 0 Å². The van der Waals surface area contributed by atoms with Gasteiger partial charge in [-0.05, 0) is 25.3 Å². The quantitative estimate of drug-likeness (QED) is 0.393. The van der Waals surface area contributed by atoms with Crippen molar-refractivity contribution in [2.24, 2.45) is 4.99 Å². The molecule has 0 aromatic heterocycles. The molecule has 1 aliphatic carbocycles. The summed E-state index contributed by atoms with van der Waals surface area (Å²) in [6, 6.07) is 9.83. The predicted octanol–water partition coefficient (Wildman–Crippen LogP) is 3.09. The van der Waals surface area contributed by atoms with E-state index in [1.165, 1.54) is 36.8 Å². The largest absolute Gasteiger partial charge is 0.379 e. The Morgan fingerprint density at radius 1 is 1.19 bits per heavy atom. The number of nitrogens with zero attached hydrogens (tertiary/aromatic N) is 2. The van der Waals surface area contributed by atoms with E-state index < -0.39 is 0 Å². The van der Waals surface area contributed by atoms with E-state index in [1.807, 2.05) is 7.05 Å². The normalized spacial score (nSPS) is 20.5. The molecule has 146 valence electrons. The summed E-state index contributed by atoms with van der Waals surface area (Å²) in [5.74, 6) is 0.928. The molecule has 5 nitrogen and oxygen atoms in total. The van der Waals surface area contributed by atoms with Crippen LogP contribution in [0.5, 0.6) is 0 Å². The van der Waals surface area contributed by atoms with Gasteiger partial charge in [-0.1, -0.05) is 42.7 Å². The van der Waals surface area contributed by atoms with E-state index in [4.69, 9.17) is 4.74 Å². The molecular weight excluding hydrogens is 439 g/mol. The van der Waals surface area contributed by atoms with Crippen molar-refractivity contribution in [2.45, 2.75) is 44.7 Å². The molecule has 0 spiro atoms. The number of aryl methyl sites for hydroxylation is 1. The smallest absolute Gasteiger partial charge is 0.191 e. The third kappa shape index (κ3) is 6.09. The number of hydrogen-bond acceptors (Lipinski definition) is 3. The van der Waals surface area contributed by atoms with Crippen molar-refractivity contribution >= 4 is 29.9 Å². The van der Waals surface area contributed by atoms with Gasteiger partial charge < -0.3 is 15.4 Å². The monoisotopic (exact) mass is 472 g/mol. The Kier molecular flexibility index (Phi) is 9.15. The average Bonchev–Trinajstić information content (AvgIpc) is 3.16. The minimum Gasteiger partial charge on any atom is -0.379 e. The van der Waals surface area contributed by atoms with Crippen molar-refractivity contribution in [1.82, 2.24) is 15.5 Å². The maximum Gasteiger partial charge on any atom is 0.191 e. The van der Waals surface area contributed by atoms with Gasteiger partial charge in [-0.2, -0.15) is 0 Å². The second-order valence-electron chi connectivity index (χ2n) is 7.15. The Hall–Kier alpha value is -0.860. The van der Waals surface area contributed by atoms with Crippen LogP contribution in [0.1, 0.15) is 42.9 Å². The first-order chi connectivity index (χ1) is 12.3. The zero-order chi connectivity index (χ0) is 17.5. The van der Waals surface area contributed by atoms with Gasteiger partial charge in [-0.15, -0.1) is 24.0 Å². The van der Waals surface area contributed by atoms with Gasteiger partial charge in [0.25, 0.3) is 0 Å². The molecule has 3 rings (SSSR count). The first-order valence-electron chi connectivity index (χ1n) is 9.62. The molecule has 1 heterocycles. The fourth-order valence-corrected chi connectivity index (χ4v) is 3.79. The fourth-order valence-electron chi connectivity index (χ4n) is 3.79. The van der Waals surface area contributed by atoms with Crippen LogP contribution in [0.25, 0.3) is 0 Å². The first kappa shape index (κ1) is 21.4. The van der Waals surface area contributed by atoms with Crippen molar-refractivity contribution in [3.05, 3.63) is 35.4 Å². The lowest BCUT2D eigenvalue weighted by atomic mass is 10.0. The van der Waals surface area contributed by atoms with Gasteiger partial charge >= 0.3 is 0 Å².